The molecule has 0 aliphatic carbocycles. The van der Waals surface area contributed by atoms with Crippen LogP contribution in [0, 0.1) is 10.1 Å². The fraction of sp³-hybridized carbons (Fsp3) is 0. The van der Waals surface area contributed by atoms with E-state index in [9.17, 15) is 14.9 Å². The standard InChI is InChI=1S/C16H8Cl3N3O3S/c17-10-5-6-11(18)14(19)13(10)15(23)21-16-20-12(7-26-16)8-1-3-9(4-2-8)22(24)25/h1-7H,(H,20,21,23). The highest BCUT2D eigenvalue weighted by Gasteiger charge is 2.19. The summed E-state index contributed by atoms with van der Waals surface area (Å²) in [5.41, 5.74) is 1.31. The van der Waals surface area contributed by atoms with Crippen LogP contribution in [0.25, 0.3) is 11.3 Å². The summed E-state index contributed by atoms with van der Waals surface area (Å²) in [7, 11) is 0. The van der Waals surface area contributed by atoms with Crippen LogP contribution in [0.4, 0.5) is 10.8 Å². The highest BCUT2D eigenvalue weighted by Crippen LogP contribution is 2.33. The van der Waals surface area contributed by atoms with Gasteiger partial charge in [-0.2, -0.15) is 0 Å². The first-order valence-electron chi connectivity index (χ1n) is 7.02. The quantitative estimate of drug-likeness (QED) is 0.317. The molecule has 0 aliphatic heterocycles. The topological polar surface area (TPSA) is 85.1 Å². The van der Waals surface area contributed by atoms with E-state index < -0.39 is 10.8 Å². The van der Waals surface area contributed by atoms with Crippen LogP contribution < -0.4 is 5.32 Å². The molecular formula is C16H8Cl3N3O3S. The fourth-order valence-electron chi connectivity index (χ4n) is 2.11. The van der Waals surface area contributed by atoms with Gasteiger partial charge in [0.05, 0.1) is 31.2 Å². The predicted octanol–water partition coefficient (Wildman–Crippen LogP) is 5.93. The molecule has 0 spiro atoms. The van der Waals surface area contributed by atoms with Crippen LogP contribution >= 0.6 is 46.1 Å². The van der Waals surface area contributed by atoms with Gasteiger partial charge in [0, 0.05) is 23.1 Å². The third kappa shape index (κ3) is 3.81. The molecule has 1 aromatic heterocycles. The number of nitrogens with zero attached hydrogens (tertiary/aromatic N) is 2. The molecule has 1 heterocycles. The molecule has 10 heteroatoms. The van der Waals surface area contributed by atoms with E-state index in [2.05, 4.69) is 10.3 Å². The zero-order chi connectivity index (χ0) is 18.8. The molecule has 0 unspecified atom stereocenters. The van der Waals surface area contributed by atoms with Crippen LogP contribution in [0.2, 0.25) is 15.1 Å². The molecule has 3 aromatic rings. The summed E-state index contributed by atoms with van der Waals surface area (Å²) in [6.07, 6.45) is 0. The molecule has 0 saturated carbocycles. The largest absolute Gasteiger partial charge is 0.298 e. The number of nitro groups is 1. The number of amides is 1. The van der Waals surface area contributed by atoms with Crippen LogP contribution in [0.3, 0.4) is 0 Å². The summed E-state index contributed by atoms with van der Waals surface area (Å²) in [6.45, 7) is 0. The van der Waals surface area contributed by atoms with E-state index in [1.165, 1.54) is 35.6 Å². The van der Waals surface area contributed by atoms with Gasteiger partial charge in [-0.25, -0.2) is 4.98 Å². The monoisotopic (exact) mass is 427 g/mol. The van der Waals surface area contributed by atoms with Crippen molar-refractivity contribution in [1.29, 1.82) is 0 Å². The minimum atomic E-state index is -0.535. The molecule has 0 bridgehead atoms. The van der Waals surface area contributed by atoms with Crippen LogP contribution in [0.1, 0.15) is 10.4 Å². The molecule has 6 nitrogen and oxygen atoms in total. The molecular weight excluding hydrogens is 421 g/mol. The summed E-state index contributed by atoms with van der Waals surface area (Å²) in [5.74, 6) is -0.535. The highest BCUT2D eigenvalue weighted by molar-refractivity contribution is 7.14. The zero-order valence-corrected chi connectivity index (χ0v) is 15.8. The van der Waals surface area contributed by atoms with Crippen LogP contribution in [-0.4, -0.2) is 15.8 Å². The Morgan fingerprint density at radius 3 is 2.38 bits per heavy atom. The van der Waals surface area contributed by atoms with Gasteiger partial charge in [0.1, 0.15) is 0 Å². The average Bonchev–Trinajstić information content (AvgIpc) is 3.07. The number of halogens is 3. The molecule has 1 amide bonds. The molecule has 0 aliphatic rings. The molecule has 26 heavy (non-hydrogen) atoms. The van der Waals surface area contributed by atoms with Gasteiger partial charge in [-0.1, -0.05) is 34.8 Å². The molecule has 0 atom stereocenters. The second kappa shape index (κ2) is 7.59. The highest BCUT2D eigenvalue weighted by atomic mass is 35.5. The number of benzene rings is 2. The number of thiazole rings is 1. The number of aromatic nitrogens is 1. The van der Waals surface area contributed by atoms with Crippen molar-refractivity contribution in [1.82, 2.24) is 4.98 Å². The van der Waals surface area contributed by atoms with Crippen molar-refractivity contribution >= 4 is 62.9 Å². The molecule has 2 aromatic carbocycles. The van der Waals surface area contributed by atoms with Crippen molar-refractivity contribution in [3.05, 3.63) is 72.5 Å². The molecule has 0 fully saturated rings. The lowest BCUT2D eigenvalue weighted by Crippen LogP contribution is -2.13. The lowest BCUT2D eigenvalue weighted by atomic mass is 10.1. The number of nitro benzene ring substituents is 1. The van der Waals surface area contributed by atoms with E-state index in [1.54, 1.807) is 17.5 Å². The maximum Gasteiger partial charge on any atom is 0.269 e. The molecule has 0 saturated heterocycles. The Balaban J connectivity index is 1.82. The van der Waals surface area contributed by atoms with E-state index in [4.69, 9.17) is 34.8 Å². The lowest BCUT2D eigenvalue weighted by Gasteiger charge is -2.07. The van der Waals surface area contributed by atoms with E-state index in [1.807, 2.05) is 0 Å². The van der Waals surface area contributed by atoms with Gasteiger partial charge in [-0.05, 0) is 24.3 Å². The van der Waals surface area contributed by atoms with Crippen molar-refractivity contribution in [2.24, 2.45) is 0 Å². The number of carbonyl (C=O) groups is 1. The van der Waals surface area contributed by atoms with Gasteiger partial charge in [-0.15, -0.1) is 11.3 Å². The Bertz CT molecular complexity index is 1010. The minimum absolute atomic E-state index is 0.0113. The second-order valence-electron chi connectivity index (χ2n) is 5.01. The second-order valence-corrected chi connectivity index (χ2v) is 7.06. The summed E-state index contributed by atoms with van der Waals surface area (Å²) in [6, 6.07) is 8.93. The third-order valence-corrected chi connectivity index (χ3v) is 5.25. The van der Waals surface area contributed by atoms with Gasteiger partial charge in [0.25, 0.3) is 11.6 Å². The Morgan fingerprint density at radius 1 is 1.08 bits per heavy atom. The van der Waals surface area contributed by atoms with Crippen LogP contribution in [0.15, 0.2) is 41.8 Å². The smallest absolute Gasteiger partial charge is 0.269 e. The molecule has 3 rings (SSSR count). The van der Waals surface area contributed by atoms with E-state index in [0.29, 0.717) is 16.4 Å². The fourth-order valence-corrected chi connectivity index (χ4v) is 3.53. The Morgan fingerprint density at radius 2 is 1.73 bits per heavy atom. The number of non-ortho nitro benzene ring substituents is 1. The summed E-state index contributed by atoms with van der Waals surface area (Å²) in [4.78, 5) is 27.0. The predicted molar refractivity (Wildman–Crippen MR) is 104 cm³/mol. The van der Waals surface area contributed by atoms with Crippen molar-refractivity contribution in [2.75, 3.05) is 5.32 Å². The molecule has 132 valence electrons. The molecule has 1 N–H and O–H groups in total. The molecule has 0 radical (unpaired) electrons. The first-order chi connectivity index (χ1) is 12.4. The van der Waals surface area contributed by atoms with Gasteiger partial charge in [0.2, 0.25) is 0 Å². The maximum atomic E-state index is 12.4. The Labute approximate surface area is 166 Å². The van der Waals surface area contributed by atoms with E-state index >= 15 is 0 Å². The lowest BCUT2D eigenvalue weighted by molar-refractivity contribution is -0.384. The number of rotatable bonds is 4. The Kier molecular flexibility index (Phi) is 5.43. The number of carbonyl (C=O) groups excluding carboxylic acids is 1. The van der Waals surface area contributed by atoms with Gasteiger partial charge in [-0.3, -0.25) is 20.2 Å². The van der Waals surface area contributed by atoms with Gasteiger partial charge >= 0.3 is 0 Å². The van der Waals surface area contributed by atoms with Crippen molar-refractivity contribution in [3.8, 4) is 11.3 Å². The zero-order valence-electron chi connectivity index (χ0n) is 12.7. The Hall–Kier alpha value is -2.19. The van der Waals surface area contributed by atoms with Crippen molar-refractivity contribution in [2.45, 2.75) is 0 Å². The van der Waals surface area contributed by atoms with Crippen molar-refractivity contribution < 1.29 is 9.72 Å². The first-order valence-corrected chi connectivity index (χ1v) is 9.03. The van der Waals surface area contributed by atoms with Crippen molar-refractivity contribution in [3.63, 3.8) is 0 Å². The van der Waals surface area contributed by atoms with Gasteiger partial charge < -0.3 is 0 Å². The summed E-state index contributed by atoms with van der Waals surface area (Å²) < 4.78 is 0. The maximum absolute atomic E-state index is 12.4. The number of hydrogen-bond acceptors (Lipinski definition) is 5. The first kappa shape index (κ1) is 18.6. The van der Waals surface area contributed by atoms with Crippen LogP contribution in [-0.2, 0) is 0 Å². The van der Waals surface area contributed by atoms with Gasteiger partial charge in [0.15, 0.2) is 5.13 Å². The summed E-state index contributed by atoms with van der Waals surface area (Å²) in [5, 5.41) is 15.8. The normalized spacial score (nSPS) is 10.6. The number of nitrogens with one attached hydrogen (secondary N) is 1. The summed E-state index contributed by atoms with van der Waals surface area (Å²) >= 11 is 19.2. The number of anilines is 1. The SMILES string of the molecule is O=C(Nc1nc(-c2ccc([N+](=O)[O-])cc2)cs1)c1c(Cl)ccc(Cl)c1Cl. The minimum Gasteiger partial charge on any atom is -0.298 e. The third-order valence-electron chi connectivity index (χ3n) is 3.37. The number of hydrogen-bond donors (Lipinski definition) is 1. The average molecular weight is 429 g/mol. The van der Waals surface area contributed by atoms with E-state index in [0.717, 1.165) is 0 Å². The van der Waals surface area contributed by atoms with E-state index in [-0.39, 0.29) is 26.3 Å². The van der Waals surface area contributed by atoms with Crippen LogP contribution in [0.5, 0.6) is 0 Å².